The summed E-state index contributed by atoms with van der Waals surface area (Å²) in [6.07, 6.45) is 4.25. The number of benzene rings is 2. The second-order valence-electron chi connectivity index (χ2n) is 8.70. The van der Waals surface area contributed by atoms with Gasteiger partial charge in [0.05, 0.1) is 18.8 Å². The van der Waals surface area contributed by atoms with Crippen LogP contribution in [0.5, 0.6) is 0 Å². The summed E-state index contributed by atoms with van der Waals surface area (Å²) in [5.74, 6) is 0.173. The molecular formula is C26H34N2O3. The van der Waals surface area contributed by atoms with Crippen LogP contribution < -0.4 is 4.90 Å². The lowest BCUT2D eigenvalue weighted by Crippen LogP contribution is -2.39. The van der Waals surface area contributed by atoms with Crippen LogP contribution in [0.4, 0.5) is 5.69 Å². The Morgan fingerprint density at radius 1 is 1.13 bits per heavy atom. The first-order valence-corrected chi connectivity index (χ1v) is 11.6. The zero-order chi connectivity index (χ0) is 21.6. The number of aryl methyl sites for hydroxylation is 1. The minimum Gasteiger partial charge on any atom is -0.387 e. The van der Waals surface area contributed by atoms with Crippen molar-refractivity contribution in [2.45, 2.75) is 57.8 Å². The average molecular weight is 423 g/mol. The van der Waals surface area contributed by atoms with Crippen LogP contribution in [-0.2, 0) is 22.6 Å². The maximum absolute atomic E-state index is 12.2. The molecule has 0 radical (unpaired) electrons. The van der Waals surface area contributed by atoms with Gasteiger partial charge in [-0.2, -0.15) is 0 Å². The van der Waals surface area contributed by atoms with E-state index in [1.807, 2.05) is 42.2 Å². The Hall–Kier alpha value is -2.21. The molecular weight excluding hydrogens is 388 g/mol. The average Bonchev–Trinajstić information content (AvgIpc) is 2.83. The fourth-order valence-corrected chi connectivity index (χ4v) is 4.67. The van der Waals surface area contributed by atoms with Crippen molar-refractivity contribution in [3.05, 3.63) is 65.2 Å². The summed E-state index contributed by atoms with van der Waals surface area (Å²) < 4.78 is 6.09. The first-order chi connectivity index (χ1) is 15.1. The number of fused-ring (bicyclic) bond motifs is 1. The number of aliphatic hydroxyl groups excluding tert-OH is 1. The standard InChI is InChI=1S/C26H34N2O3/c1-2-26(30)28-14-6-9-21-17-22(10-11-24(21)28)25(29)18-27-15-12-23(13-16-27)31-19-20-7-4-3-5-8-20/h3-5,7-8,10-11,17,23,25,29H,2,6,9,12-16,18-19H2,1H3/t25-/m1/s1. The van der Waals surface area contributed by atoms with Crippen molar-refractivity contribution in [3.8, 4) is 0 Å². The van der Waals surface area contributed by atoms with E-state index < -0.39 is 6.10 Å². The number of rotatable bonds is 7. The number of hydrogen-bond donors (Lipinski definition) is 1. The van der Waals surface area contributed by atoms with Gasteiger partial charge >= 0.3 is 0 Å². The first kappa shape index (κ1) is 22.0. The lowest BCUT2D eigenvalue weighted by Gasteiger charge is -2.33. The summed E-state index contributed by atoms with van der Waals surface area (Å²) in [6, 6.07) is 16.4. The van der Waals surface area contributed by atoms with Crippen molar-refractivity contribution in [2.75, 3.05) is 31.1 Å². The monoisotopic (exact) mass is 422 g/mol. The molecule has 2 aromatic rings. The maximum atomic E-state index is 12.2. The van der Waals surface area contributed by atoms with Crippen molar-refractivity contribution in [1.29, 1.82) is 0 Å². The second kappa shape index (κ2) is 10.4. The number of aliphatic hydroxyl groups is 1. The van der Waals surface area contributed by atoms with Gasteiger partial charge in [0.25, 0.3) is 0 Å². The molecule has 2 aliphatic heterocycles. The molecule has 5 heteroatoms. The summed E-state index contributed by atoms with van der Waals surface area (Å²) in [5, 5.41) is 10.9. The van der Waals surface area contributed by atoms with Gasteiger partial charge in [-0.25, -0.2) is 0 Å². The second-order valence-corrected chi connectivity index (χ2v) is 8.70. The molecule has 1 atom stereocenters. The zero-order valence-electron chi connectivity index (χ0n) is 18.5. The highest BCUT2D eigenvalue weighted by Crippen LogP contribution is 2.31. The van der Waals surface area contributed by atoms with Crippen molar-refractivity contribution in [2.24, 2.45) is 0 Å². The highest BCUT2D eigenvalue weighted by Gasteiger charge is 2.25. The van der Waals surface area contributed by atoms with E-state index in [9.17, 15) is 9.90 Å². The quantitative estimate of drug-likeness (QED) is 0.730. The Kier molecular flexibility index (Phi) is 7.38. The summed E-state index contributed by atoms with van der Waals surface area (Å²) in [5.41, 5.74) is 4.36. The number of anilines is 1. The third-order valence-electron chi connectivity index (χ3n) is 6.50. The summed E-state index contributed by atoms with van der Waals surface area (Å²) in [4.78, 5) is 16.5. The molecule has 4 rings (SSSR count). The normalized spacial score (nSPS) is 18.6. The van der Waals surface area contributed by atoms with Gasteiger partial charge in [-0.15, -0.1) is 0 Å². The number of piperidine rings is 1. The molecule has 0 spiro atoms. The van der Waals surface area contributed by atoms with Gasteiger partial charge in [0.15, 0.2) is 0 Å². The Labute approximate surface area is 185 Å². The van der Waals surface area contributed by atoms with Crippen LogP contribution in [-0.4, -0.2) is 48.2 Å². The number of nitrogens with zero attached hydrogens (tertiary/aromatic N) is 2. The highest BCUT2D eigenvalue weighted by molar-refractivity contribution is 5.94. The predicted molar refractivity (Wildman–Crippen MR) is 123 cm³/mol. The number of likely N-dealkylation sites (tertiary alicyclic amines) is 1. The number of carbonyl (C=O) groups excluding carboxylic acids is 1. The van der Waals surface area contributed by atoms with E-state index in [0.717, 1.165) is 56.6 Å². The minimum absolute atomic E-state index is 0.173. The van der Waals surface area contributed by atoms with Crippen LogP contribution in [0.2, 0.25) is 0 Å². The molecule has 5 nitrogen and oxygen atoms in total. The molecule has 2 aromatic carbocycles. The number of amides is 1. The van der Waals surface area contributed by atoms with Gasteiger partial charge in [-0.05, 0) is 48.4 Å². The molecule has 0 aromatic heterocycles. The molecule has 0 bridgehead atoms. The van der Waals surface area contributed by atoms with E-state index in [4.69, 9.17) is 4.74 Å². The zero-order valence-corrected chi connectivity index (χ0v) is 18.5. The van der Waals surface area contributed by atoms with Crippen LogP contribution in [0.15, 0.2) is 48.5 Å². The minimum atomic E-state index is -0.510. The molecule has 1 N–H and O–H groups in total. The maximum Gasteiger partial charge on any atom is 0.226 e. The van der Waals surface area contributed by atoms with Crippen LogP contribution >= 0.6 is 0 Å². The Morgan fingerprint density at radius 2 is 1.90 bits per heavy atom. The number of carbonyl (C=O) groups is 1. The van der Waals surface area contributed by atoms with Crippen LogP contribution in [0.1, 0.15) is 55.4 Å². The smallest absolute Gasteiger partial charge is 0.226 e. The van der Waals surface area contributed by atoms with Gasteiger partial charge in [0.1, 0.15) is 0 Å². The summed E-state index contributed by atoms with van der Waals surface area (Å²) >= 11 is 0. The van der Waals surface area contributed by atoms with Gasteiger partial charge in [0.2, 0.25) is 5.91 Å². The van der Waals surface area contributed by atoms with E-state index in [-0.39, 0.29) is 5.91 Å². The largest absolute Gasteiger partial charge is 0.387 e. The molecule has 1 saturated heterocycles. The van der Waals surface area contributed by atoms with Crippen molar-refractivity contribution < 1.29 is 14.6 Å². The Morgan fingerprint density at radius 3 is 2.65 bits per heavy atom. The van der Waals surface area contributed by atoms with E-state index in [1.165, 1.54) is 11.1 Å². The topological polar surface area (TPSA) is 53.0 Å². The SMILES string of the molecule is CCC(=O)N1CCCc2cc([C@H](O)CN3CCC(OCc4ccccc4)CC3)ccc21. The fraction of sp³-hybridized carbons (Fsp3) is 0.500. The molecule has 166 valence electrons. The third-order valence-corrected chi connectivity index (χ3v) is 6.50. The number of ether oxygens (including phenoxy) is 1. The first-order valence-electron chi connectivity index (χ1n) is 11.6. The van der Waals surface area contributed by atoms with Crippen LogP contribution in [0, 0.1) is 0 Å². The molecule has 0 saturated carbocycles. The third kappa shape index (κ3) is 5.53. The van der Waals surface area contributed by atoms with Gasteiger partial charge in [-0.1, -0.05) is 49.4 Å². The predicted octanol–water partition coefficient (Wildman–Crippen LogP) is 4.09. The van der Waals surface area contributed by atoms with E-state index in [2.05, 4.69) is 23.1 Å². The molecule has 2 aliphatic rings. The molecule has 0 unspecified atom stereocenters. The molecule has 1 amide bonds. The van der Waals surface area contributed by atoms with E-state index >= 15 is 0 Å². The van der Waals surface area contributed by atoms with Gasteiger partial charge in [-0.3, -0.25) is 4.79 Å². The lowest BCUT2D eigenvalue weighted by atomic mass is 9.96. The van der Waals surface area contributed by atoms with Crippen molar-refractivity contribution in [3.63, 3.8) is 0 Å². The Bertz CT molecular complexity index is 862. The fourth-order valence-electron chi connectivity index (χ4n) is 4.67. The molecule has 0 aliphatic carbocycles. The lowest BCUT2D eigenvalue weighted by molar-refractivity contribution is -0.118. The summed E-state index contributed by atoms with van der Waals surface area (Å²) in [6.45, 7) is 5.90. The highest BCUT2D eigenvalue weighted by atomic mass is 16.5. The number of hydrogen-bond acceptors (Lipinski definition) is 4. The van der Waals surface area contributed by atoms with Crippen molar-refractivity contribution in [1.82, 2.24) is 4.90 Å². The number of β-amino-alcohol motifs (C(OH)–C–C–N with tert-alkyl or cyclic N) is 1. The van der Waals surface area contributed by atoms with Crippen LogP contribution in [0.3, 0.4) is 0 Å². The summed E-state index contributed by atoms with van der Waals surface area (Å²) in [7, 11) is 0. The van der Waals surface area contributed by atoms with Crippen molar-refractivity contribution >= 4 is 11.6 Å². The van der Waals surface area contributed by atoms with Gasteiger partial charge in [0, 0.05) is 38.3 Å². The van der Waals surface area contributed by atoms with Crippen LogP contribution in [0.25, 0.3) is 0 Å². The van der Waals surface area contributed by atoms with E-state index in [0.29, 0.717) is 25.7 Å². The Balaban J connectivity index is 1.28. The molecule has 1 fully saturated rings. The molecule has 2 heterocycles. The molecule has 31 heavy (non-hydrogen) atoms. The van der Waals surface area contributed by atoms with E-state index in [1.54, 1.807) is 0 Å². The van der Waals surface area contributed by atoms with Gasteiger partial charge < -0.3 is 19.6 Å².